The molecular weight excluding hydrogens is 290 g/mol. The molecule has 0 heterocycles. The number of carbonyl (C=O) groups is 2. The van der Waals surface area contributed by atoms with Crippen molar-refractivity contribution in [2.75, 3.05) is 6.61 Å². The van der Waals surface area contributed by atoms with Gasteiger partial charge in [-0.2, -0.15) is 0 Å². The quantitative estimate of drug-likeness (QED) is 0.798. The average molecular weight is 311 g/mol. The molecule has 2 aromatic rings. The van der Waals surface area contributed by atoms with Crippen molar-refractivity contribution >= 4 is 12.2 Å². The first-order chi connectivity index (χ1) is 11.1. The van der Waals surface area contributed by atoms with Gasteiger partial charge in [0.2, 0.25) is 0 Å². The summed E-state index contributed by atoms with van der Waals surface area (Å²) >= 11 is 0. The molecule has 0 bridgehead atoms. The molecule has 0 aromatic heterocycles. The number of carbonyl (C=O) groups excluding carboxylic acids is 2. The molecule has 1 amide bonds. The first-order valence-electron chi connectivity index (χ1n) is 7.68. The zero-order valence-electron chi connectivity index (χ0n) is 13.4. The molecule has 0 spiro atoms. The number of aryl methyl sites for hydroxylation is 1. The van der Waals surface area contributed by atoms with Crippen molar-refractivity contribution in [3.05, 3.63) is 65.2 Å². The summed E-state index contributed by atoms with van der Waals surface area (Å²) in [6, 6.07) is 14.8. The Bertz CT molecular complexity index is 665. The maximum atomic E-state index is 12.0. The third-order valence-corrected chi connectivity index (χ3v) is 3.63. The fraction of sp³-hybridized carbons (Fsp3) is 0.263. The molecule has 1 atom stereocenters. The van der Waals surface area contributed by atoms with Gasteiger partial charge < -0.3 is 10.1 Å². The number of hydrogen-bond donors (Lipinski definition) is 1. The van der Waals surface area contributed by atoms with Crippen LogP contribution in [-0.2, 0) is 11.2 Å². The molecule has 0 aliphatic rings. The molecule has 0 unspecified atom stereocenters. The minimum absolute atomic E-state index is 0.0836. The molecule has 2 rings (SSSR count). The van der Waals surface area contributed by atoms with E-state index in [2.05, 4.69) is 24.4 Å². The molecule has 0 saturated carbocycles. The second kappa shape index (κ2) is 8.13. The smallest absolute Gasteiger partial charge is 0.258 e. The van der Waals surface area contributed by atoms with Crippen LogP contribution in [0.5, 0.6) is 5.75 Å². The molecule has 0 aliphatic carbocycles. The lowest BCUT2D eigenvalue weighted by Gasteiger charge is -2.15. The lowest BCUT2D eigenvalue weighted by molar-refractivity contribution is -0.123. The monoisotopic (exact) mass is 311 g/mol. The summed E-state index contributed by atoms with van der Waals surface area (Å²) < 4.78 is 5.41. The van der Waals surface area contributed by atoms with Crippen LogP contribution in [0.3, 0.4) is 0 Å². The summed E-state index contributed by atoms with van der Waals surface area (Å²) in [7, 11) is 0. The SMILES string of the molecule is CCc1ccc([C@H](C)NC(=O)COc2cccc(C=O)c2)cc1. The highest BCUT2D eigenvalue weighted by atomic mass is 16.5. The second-order valence-electron chi connectivity index (χ2n) is 5.36. The summed E-state index contributed by atoms with van der Waals surface area (Å²) in [6.07, 6.45) is 1.74. The summed E-state index contributed by atoms with van der Waals surface area (Å²) in [4.78, 5) is 22.7. The van der Waals surface area contributed by atoms with Gasteiger partial charge in [-0.3, -0.25) is 9.59 Å². The highest BCUT2D eigenvalue weighted by Gasteiger charge is 2.10. The second-order valence-corrected chi connectivity index (χ2v) is 5.36. The van der Waals surface area contributed by atoms with Crippen LogP contribution in [0.15, 0.2) is 48.5 Å². The maximum absolute atomic E-state index is 12.0. The van der Waals surface area contributed by atoms with E-state index in [-0.39, 0.29) is 18.6 Å². The Hall–Kier alpha value is -2.62. The number of hydrogen-bond acceptors (Lipinski definition) is 3. The van der Waals surface area contributed by atoms with Crippen LogP contribution in [0, 0.1) is 0 Å². The molecule has 0 aliphatic heterocycles. The first kappa shape index (κ1) is 16.7. The van der Waals surface area contributed by atoms with E-state index in [0.29, 0.717) is 11.3 Å². The van der Waals surface area contributed by atoms with Crippen LogP contribution in [0.25, 0.3) is 0 Å². The van der Waals surface area contributed by atoms with E-state index >= 15 is 0 Å². The number of amides is 1. The van der Waals surface area contributed by atoms with Crippen molar-refractivity contribution in [2.24, 2.45) is 0 Å². The molecule has 23 heavy (non-hydrogen) atoms. The van der Waals surface area contributed by atoms with Crippen molar-refractivity contribution in [3.8, 4) is 5.75 Å². The van der Waals surface area contributed by atoms with Crippen LogP contribution < -0.4 is 10.1 Å². The summed E-state index contributed by atoms with van der Waals surface area (Å²) in [5.41, 5.74) is 2.84. The van der Waals surface area contributed by atoms with E-state index in [1.54, 1.807) is 24.3 Å². The predicted octanol–water partition coefficient (Wildman–Crippen LogP) is 3.32. The Kier molecular flexibility index (Phi) is 5.92. The van der Waals surface area contributed by atoms with Gasteiger partial charge in [-0.15, -0.1) is 0 Å². The van der Waals surface area contributed by atoms with Gasteiger partial charge in [0.25, 0.3) is 5.91 Å². The summed E-state index contributed by atoms with van der Waals surface area (Å²) in [5.74, 6) is 0.304. The van der Waals surface area contributed by atoms with E-state index in [1.165, 1.54) is 5.56 Å². The molecule has 0 radical (unpaired) electrons. The summed E-state index contributed by atoms with van der Waals surface area (Å²) in [6.45, 7) is 3.96. The van der Waals surface area contributed by atoms with Crippen LogP contribution in [0.2, 0.25) is 0 Å². The van der Waals surface area contributed by atoms with Gasteiger partial charge in [0.05, 0.1) is 6.04 Å². The van der Waals surface area contributed by atoms with Gasteiger partial charge in [0.15, 0.2) is 6.61 Å². The van der Waals surface area contributed by atoms with Gasteiger partial charge in [-0.25, -0.2) is 0 Å². The van der Waals surface area contributed by atoms with Gasteiger partial charge in [0.1, 0.15) is 12.0 Å². The van der Waals surface area contributed by atoms with E-state index < -0.39 is 0 Å². The zero-order valence-corrected chi connectivity index (χ0v) is 13.4. The van der Waals surface area contributed by atoms with Crippen molar-refractivity contribution in [1.82, 2.24) is 5.32 Å². The normalized spacial score (nSPS) is 11.6. The number of rotatable bonds is 7. The molecule has 0 fully saturated rings. The van der Waals surface area contributed by atoms with Crippen molar-refractivity contribution < 1.29 is 14.3 Å². The Morgan fingerprint density at radius 1 is 1.22 bits per heavy atom. The Labute approximate surface area is 136 Å². The lowest BCUT2D eigenvalue weighted by atomic mass is 10.1. The van der Waals surface area contributed by atoms with Crippen molar-refractivity contribution in [1.29, 1.82) is 0 Å². The third kappa shape index (κ3) is 4.95. The molecular formula is C19H21NO3. The van der Waals surface area contributed by atoms with E-state index in [0.717, 1.165) is 18.3 Å². The Morgan fingerprint density at radius 3 is 2.61 bits per heavy atom. The number of benzene rings is 2. The van der Waals surface area contributed by atoms with E-state index in [4.69, 9.17) is 4.74 Å². The van der Waals surface area contributed by atoms with Crippen LogP contribution in [0.4, 0.5) is 0 Å². The van der Waals surface area contributed by atoms with Gasteiger partial charge in [0, 0.05) is 5.56 Å². The first-order valence-corrected chi connectivity index (χ1v) is 7.68. The number of nitrogens with one attached hydrogen (secondary N) is 1. The van der Waals surface area contributed by atoms with Crippen molar-refractivity contribution in [2.45, 2.75) is 26.3 Å². The van der Waals surface area contributed by atoms with Gasteiger partial charge in [-0.05, 0) is 36.6 Å². The van der Waals surface area contributed by atoms with E-state index in [1.807, 2.05) is 19.1 Å². The molecule has 4 heteroatoms. The Morgan fingerprint density at radius 2 is 1.96 bits per heavy atom. The molecule has 120 valence electrons. The topological polar surface area (TPSA) is 55.4 Å². The van der Waals surface area contributed by atoms with E-state index in [9.17, 15) is 9.59 Å². The largest absolute Gasteiger partial charge is 0.484 e. The van der Waals surface area contributed by atoms with Crippen LogP contribution in [-0.4, -0.2) is 18.8 Å². The highest BCUT2D eigenvalue weighted by Crippen LogP contribution is 2.14. The summed E-state index contributed by atoms with van der Waals surface area (Å²) in [5, 5.41) is 2.90. The van der Waals surface area contributed by atoms with Crippen LogP contribution >= 0.6 is 0 Å². The van der Waals surface area contributed by atoms with Crippen molar-refractivity contribution in [3.63, 3.8) is 0 Å². The minimum atomic E-state index is -0.200. The standard InChI is InChI=1S/C19H21NO3/c1-3-15-7-9-17(10-8-15)14(2)20-19(22)13-23-18-6-4-5-16(11-18)12-21/h4-12,14H,3,13H2,1-2H3,(H,20,22)/t14-/m0/s1. The number of aldehydes is 1. The average Bonchev–Trinajstić information content (AvgIpc) is 2.60. The van der Waals surface area contributed by atoms with Crippen LogP contribution in [0.1, 0.15) is 41.4 Å². The van der Waals surface area contributed by atoms with Gasteiger partial charge in [-0.1, -0.05) is 43.3 Å². The molecule has 2 aromatic carbocycles. The molecule has 1 N–H and O–H groups in total. The highest BCUT2D eigenvalue weighted by molar-refractivity contribution is 5.78. The minimum Gasteiger partial charge on any atom is -0.484 e. The lowest BCUT2D eigenvalue weighted by Crippen LogP contribution is -2.31. The van der Waals surface area contributed by atoms with Gasteiger partial charge >= 0.3 is 0 Å². The number of ether oxygens (including phenoxy) is 1. The molecule has 0 saturated heterocycles. The maximum Gasteiger partial charge on any atom is 0.258 e. The fourth-order valence-electron chi connectivity index (χ4n) is 2.24. The predicted molar refractivity (Wildman–Crippen MR) is 89.7 cm³/mol. The Balaban J connectivity index is 1.86. The third-order valence-electron chi connectivity index (χ3n) is 3.63. The zero-order chi connectivity index (χ0) is 16.7. The fourth-order valence-corrected chi connectivity index (χ4v) is 2.24. The molecule has 4 nitrogen and oxygen atoms in total.